The van der Waals surface area contributed by atoms with E-state index in [0.717, 1.165) is 55.6 Å². The van der Waals surface area contributed by atoms with Crippen LogP contribution in [0.25, 0.3) is 82.5 Å². The molecule has 0 spiro atoms. The number of anilines is 3. The van der Waals surface area contributed by atoms with Crippen molar-refractivity contribution >= 4 is 71.6 Å². The van der Waals surface area contributed by atoms with Crippen molar-refractivity contribution in [2.75, 3.05) is 4.90 Å². The Morgan fingerprint density at radius 1 is 0.353 bits per heavy atom. The van der Waals surface area contributed by atoms with Gasteiger partial charge >= 0.3 is 0 Å². The zero-order valence-electron chi connectivity index (χ0n) is 37.1. The third kappa shape index (κ3) is 5.66. The number of aromatic nitrogens is 1. The molecule has 68 heavy (non-hydrogen) atoms. The summed E-state index contributed by atoms with van der Waals surface area (Å²) in [5, 5.41) is 6.96. The first-order chi connectivity index (χ1) is 33.7. The Balaban J connectivity index is 0.963. The predicted octanol–water partition coefficient (Wildman–Crippen LogP) is 17.3. The Bertz CT molecular complexity index is 4030. The third-order valence-corrected chi connectivity index (χ3v) is 14.4. The maximum Gasteiger partial charge on any atom is 0.143 e. The van der Waals surface area contributed by atoms with E-state index >= 15 is 0 Å². The molecule has 318 valence electrons. The van der Waals surface area contributed by atoms with Crippen molar-refractivity contribution in [1.29, 1.82) is 0 Å². The Hall–Kier alpha value is -8.92. The van der Waals surface area contributed by atoms with Crippen molar-refractivity contribution in [3.63, 3.8) is 0 Å². The van der Waals surface area contributed by atoms with Crippen LogP contribution >= 0.6 is 0 Å². The van der Waals surface area contributed by atoms with Crippen LogP contribution in [-0.2, 0) is 5.41 Å². The zero-order chi connectivity index (χ0) is 44.8. The molecule has 0 aliphatic heterocycles. The number of para-hydroxylation sites is 2. The van der Waals surface area contributed by atoms with Crippen LogP contribution in [-0.4, -0.2) is 4.57 Å². The highest BCUT2D eigenvalue weighted by molar-refractivity contribution is 6.16. The molecule has 0 N–H and O–H groups in total. The van der Waals surface area contributed by atoms with Crippen LogP contribution in [0.2, 0.25) is 0 Å². The number of hydrogen-bond acceptors (Lipinski definition) is 2. The summed E-state index contributed by atoms with van der Waals surface area (Å²) < 4.78 is 9.03. The molecule has 1 aliphatic rings. The standard InChI is InChI=1S/C65H42N2O/c1-4-17-46(18-5-1)65(47-19-6-2-7-20-47)59-26-14-12-24-53(59)54-37-34-51(42-60(54)65)66(50-35-39-63-58(41-50)56-36-30-44-16-10-11-23-52(44)64(56)68-63)49-32-28-43(29-33-49)45-31-38-62-57(40-45)55-25-13-15-27-61(55)67(62)48-21-8-3-9-22-48/h1-42H. The molecule has 0 saturated heterocycles. The average molecular weight is 867 g/mol. The quantitative estimate of drug-likeness (QED) is 0.159. The molecular weight excluding hydrogens is 825 g/mol. The molecule has 0 saturated carbocycles. The summed E-state index contributed by atoms with van der Waals surface area (Å²) in [6.45, 7) is 0. The number of benzene rings is 11. The van der Waals surface area contributed by atoms with Crippen LogP contribution in [0.1, 0.15) is 22.3 Å². The van der Waals surface area contributed by atoms with Gasteiger partial charge in [-0.05, 0) is 129 Å². The van der Waals surface area contributed by atoms with Gasteiger partial charge in [-0.25, -0.2) is 0 Å². The minimum absolute atomic E-state index is 0.534. The highest BCUT2D eigenvalue weighted by Gasteiger charge is 2.46. The second-order valence-corrected chi connectivity index (χ2v) is 18.0. The van der Waals surface area contributed by atoms with Gasteiger partial charge in [0.05, 0.1) is 16.4 Å². The third-order valence-electron chi connectivity index (χ3n) is 14.4. The fraction of sp³-hybridized carbons (Fsp3) is 0.0154. The van der Waals surface area contributed by atoms with Gasteiger partial charge in [-0.1, -0.05) is 176 Å². The number of fused-ring (bicyclic) bond motifs is 11. The minimum Gasteiger partial charge on any atom is -0.455 e. The van der Waals surface area contributed by atoms with E-state index in [0.29, 0.717) is 0 Å². The maximum absolute atomic E-state index is 6.66. The maximum atomic E-state index is 6.66. The van der Waals surface area contributed by atoms with Crippen molar-refractivity contribution < 1.29 is 4.42 Å². The van der Waals surface area contributed by atoms with Crippen LogP contribution in [0.5, 0.6) is 0 Å². The fourth-order valence-electron chi connectivity index (χ4n) is 11.5. The monoisotopic (exact) mass is 866 g/mol. The van der Waals surface area contributed by atoms with E-state index in [2.05, 4.69) is 264 Å². The van der Waals surface area contributed by atoms with Crippen molar-refractivity contribution in [3.05, 3.63) is 277 Å². The molecule has 3 heteroatoms. The molecule has 11 aromatic carbocycles. The van der Waals surface area contributed by atoms with Crippen molar-refractivity contribution in [2.45, 2.75) is 5.41 Å². The van der Waals surface area contributed by atoms with Gasteiger partial charge < -0.3 is 13.9 Å². The van der Waals surface area contributed by atoms with Gasteiger partial charge in [-0.2, -0.15) is 0 Å². The van der Waals surface area contributed by atoms with Gasteiger partial charge in [-0.15, -0.1) is 0 Å². The van der Waals surface area contributed by atoms with E-state index in [9.17, 15) is 0 Å². The largest absolute Gasteiger partial charge is 0.455 e. The van der Waals surface area contributed by atoms with Gasteiger partial charge in [0.25, 0.3) is 0 Å². The van der Waals surface area contributed by atoms with Crippen LogP contribution in [0.15, 0.2) is 259 Å². The lowest BCUT2D eigenvalue weighted by Gasteiger charge is -2.35. The van der Waals surface area contributed by atoms with Crippen molar-refractivity contribution in [2.24, 2.45) is 0 Å². The topological polar surface area (TPSA) is 21.3 Å². The molecule has 0 bridgehead atoms. The van der Waals surface area contributed by atoms with Crippen LogP contribution in [0.4, 0.5) is 17.1 Å². The fourth-order valence-corrected chi connectivity index (χ4v) is 11.5. The van der Waals surface area contributed by atoms with E-state index in [1.54, 1.807) is 0 Å². The summed E-state index contributed by atoms with van der Waals surface area (Å²) in [7, 11) is 0. The van der Waals surface area contributed by atoms with E-state index in [1.807, 2.05) is 0 Å². The molecule has 0 atom stereocenters. The molecule has 2 aromatic heterocycles. The Kier molecular flexibility index (Phi) is 8.50. The number of furan rings is 1. The summed E-state index contributed by atoms with van der Waals surface area (Å²) in [5.41, 5.74) is 17.9. The second kappa shape index (κ2) is 15.1. The van der Waals surface area contributed by atoms with E-state index in [4.69, 9.17) is 4.42 Å². The lowest BCUT2D eigenvalue weighted by atomic mass is 9.67. The average Bonchev–Trinajstić information content (AvgIpc) is 4.06. The van der Waals surface area contributed by atoms with Gasteiger partial charge in [-0.3, -0.25) is 0 Å². The highest BCUT2D eigenvalue weighted by Crippen LogP contribution is 2.57. The molecule has 3 nitrogen and oxygen atoms in total. The minimum atomic E-state index is -0.534. The lowest BCUT2D eigenvalue weighted by molar-refractivity contribution is 0.672. The van der Waals surface area contributed by atoms with Crippen LogP contribution in [0.3, 0.4) is 0 Å². The first kappa shape index (κ1) is 38.4. The Labute approximate surface area is 394 Å². The molecular formula is C65H42N2O. The van der Waals surface area contributed by atoms with Crippen LogP contribution < -0.4 is 4.90 Å². The van der Waals surface area contributed by atoms with Gasteiger partial charge in [0.2, 0.25) is 0 Å². The smallest absolute Gasteiger partial charge is 0.143 e. The number of rotatable bonds is 7. The Morgan fingerprint density at radius 2 is 0.956 bits per heavy atom. The SMILES string of the molecule is c1ccc(-n2c3ccccc3c3cc(-c4ccc(N(c5ccc6c(c5)C(c5ccccc5)(c5ccccc5)c5ccccc5-6)c5ccc6oc7c8ccccc8ccc7c6c5)cc4)ccc32)cc1. The lowest BCUT2D eigenvalue weighted by Crippen LogP contribution is -2.28. The van der Waals surface area contributed by atoms with E-state index in [1.165, 1.54) is 66.1 Å². The van der Waals surface area contributed by atoms with Gasteiger partial charge in [0.15, 0.2) is 0 Å². The second-order valence-electron chi connectivity index (χ2n) is 18.0. The molecule has 0 fully saturated rings. The first-order valence-electron chi connectivity index (χ1n) is 23.4. The molecule has 13 aromatic rings. The Morgan fingerprint density at radius 3 is 1.75 bits per heavy atom. The summed E-state index contributed by atoms with van der Waals surface area (Å²) in [4.78, 5) is 2.42. The predicted molar refractivity (Wildman–Crippen MR) is 283 cm³/mol. The molecule has 14 rings (SSSR count). The normalized spacial score (nSPS) is 12.8. The molecule has 0 unspecified atom stereocenters. The van der Waals surface area contributed by atoms with Crippen molar-refractivity contribution in [1.82, 2.24) is 4.57 Å². The van der Waals surface area contributed by atoms with E-state index in [-0.39, 0.29) is 0 Å². The molecule has 1 aliphatic carbocycles. The summed E-state index contributed by atoms with van der Waals surface area (Å²) >= 11 is 0. The van der Waals surface area contributed by atoms with Crippen LogP contribution in [0, 0.1) is 0 Å². The summed E-state index contributed by atoms with van der Waals surface area (Å²) in [5.74, 6) is 0. The van der Waals surface area contributed by atoms with Crippen molar-refractivity contribution in [3.8, 4) is 27.9 Å². The van der Waals surface area contributed by atoms with Gasteiger partial charge in [0, 0.05) is 49.7 Å². The molecule has 2 heterocycles. The van der Waals surface area contributed by atoms with E-state index < -0.39 is 5.41 Å². The molecule has 0 amide bonds. The zero-order valence-corrected chi connectivity index (χ0v) is 37.1. The number of hydrogen-bond donors (Lipinski definition) is 0. The van der Waals surface area contributed by atoms with Gasteiger partial charge in [0.1, 0.15) is 11.2 Å². The summed E-state index contributed by atoms with van der Waals surface area (Å²) in [6, 6.07) is 93.1. The molecule has 0 radical (unpaired) electrons. The summed E-state index contributed by atoms with van der Waals surface area (Å²) in [6.07, 6.45) is 0. The highest BCUT2D eigenvalue weighted by atomic mass is 16.3. The first-order valence-corrected chi connectivity index (χ1v) is 23.4. The number of nitrogens with zero attached hydrogens (tertiary/aromatic N) is 2.